The standard InChI is InChI=1S/C13H11ClN2O3/c1-19-11-6-7-13(12(14)8-11)15-9-2-4-10(5-3-9)16(17)18/h2-8,15H,1H3. The second kappa shape index (κ2) is 5.58. The maximum absolute atomic E-state index is 10.5. The summed E-state index contributed by atoms with van der Waals surface area (Å²) in [4.78, 5) is 10.1. The molecule has 0 aliphatic rings. The fourth-order valence-corrected chi connectivity index (χ4v) is 1.76. The van der Waals surface area contributed by atoms with Crippen molar-refractivity contribution in [3.8, 4) is 5.75 Å². The highest BCUT2D eigenvalue weighted by atomic mass is 35.5. The van der Waals surface area contributed by atoms with Crippen LogP contribution in [0.4, 0.5) is 17.1 Å². The van der Waals surface area contributed by atoms with E-state index < -0.39 is 4.92 Å². The summed E-state index contributed by atoms with van der Waals surface area (Å²) >= 11 is 6.09. The molecule has 0 atom stereocenters. The first kappa shape index (κ1) is 13.2. The second-order valence-corrected chi connectivity index (χ2v) is 4.18. The van der Waals surface area contributed by atoms with E-state index in [9.17, 15) is 10.1 Å². The molecule has 2 aromatic rings. The van der Waals surface area contributed by atoms with Gasteiger partial charge in [0.25, 0.3) is 5.69 Å². The monoisotopic (exact) mass is 278 g/mol. The van der Waals surface area contributed by atoms with Gasteiger partial charge >= 0.3 is 0 Å². The zero-order chi connectivity index (χ0) is 13.8. The number of hydrogen-bond acceptors (Lipinski definition) is 4. The smallest absolute Gasteiger partial charge is 0.269 e. The Bertz CT molecular complexity index is 599. The third kappa shape index (κ3) is 3.14. The minimum absolute atomic E-state index is 0.0476. The number of nitro benzene ring substituents is 1. The molecule has 0 amide bonds. The van der Waals surface area contributed by atoms with Crippen molar-refractivity contribution in [2.45, 2.75) is 0 Å². The molecule has 0 bridgehead atoms. The largest absolute Gasteiger partial charge is 0.497 e. The molecule has 19 heavy (non-hydrogen) atoms. The van der Waals surface area contributed by atoms with Gasteiger partial charge in [-0.15, -0.1) is 0 Å². The molecule has 0 aromatic heterocycles. The van der Waals surface area contributed by atoms with Gasteiger partial charge in [0.2, 0.25) is 0 Å². The van der Waals surface area contributed by atoms with Gasteiger partial charge in [0, 0.05) is 23.9 Å². The highest BCUT2D eigenvalue weighted by Crippen LogP contribution is 2.29. The highest BCUT2D eigenvalue weighted by Gasteiger charge is 2.06. The lowest BCUT2D eigenvalue weighted by atomic mass is 10.2. The van der Waals surface area contributed by atoms with Gasteiger partial charge in [0.15, 0.2) is 0 Å². The molecule has 0 aliphatic carbocycles. The van der Waals surface area contributed by atoms with Gasteiger partial charge in [0.1, 0.15) is 5.75 Å². The molecule has 0 heterocycles. The number of methoxy groups -OCH3 is 1. The van der Waals surface area contributed by atoms with Crippen LogP contribution in [0, 0.1) is 10.1 Å². The van der Waals surface area contributed by atoms with Crippen LogP contribution in [0.15, 0.2) is 42.5 Å². The third-order valence-corrected chi connectivity index (χ3v) is 2.85. The Balaban J connectivity index is 2.19. The van der Waals surface area contributed by atoms with Crippen LogP contribution in [-0.2, 0) is 0 Å². The Labute approximate surface area is 114 Å². The SMILES string of the molecule is COc1ccc(Nc2ccc([N+](=O)[O-])cc2)c(Cl)c1. The summed E-state index contributed by atoms with van der Waals surface area (Å²) in [6, 6.07) is 11.4. The molecular formula is C13H11ClN2O3. The zero-order valence-electron chi connectivity index (χ0n) is 10.1. The predicted molar refractivity (Wildman–Crippen MR) is 74.4 cm³/mol. The number of nitrogens with one attached hydrogen (secondary N) is 1. The van der Waals surface area contributed by atoms with Crippen LogP contribution in [0.25, 0.3) is 0 Å². The molecule has 2 aromatic carbocycles. The lowest BCUT2D eigenvalue weighted by Crippen LogP contribution is -1.93. The average Bonchev–Trinajstić information content (AvgIpc) is 2.41. The summed E-state index contributed by atoms with van der Waals surface area (Å²) in [6.45, 7) is 0. The Morgan fingerprint density at radius 2 is 1.89 bits per heavy atom. The van der Waals surface area contributed by atoms with Gasteiger partial charge in [-0.3, -0.25) is 10.1 Å². The van der Waals surface area contributed by atoms with E-state index in [1.165, 1.54) is 12.1 Å². The number of nitro groups is 1. The van der Waals surface area contributed by atoms with Gasteiger partial charge in [-0.2, -0.15) is 0 Å². The molecule has 0 radical (unpaired) electrons. The van der Waals surface area contributed by atoms with Crippen molar-refractivity contribution in [3.05, 3.63) is 57.6 Å². The van der Waals surface area contributed by atoms with Crippen molar-refractivity contribution in [1.82, 2.24) is 0 Å². The fraction of sp³-hybridized carbons (Fsp3) is 0.0769. The van der Waals surface area contributed by atoms with Crippen LogP contribution in [0.5, 0.6) is 5.75 Å². The number of non-ortho nitro benzene ring substituents is 1. The number of hydrogen-bond donors (Lipinski definition) is 1. The predicted octanol–water partition coefficient (Wildman–Crippen LogP) is 4.00. The molecule has 0 aliphatic heterocycles. The summed E-state index contributed by atoms with van der Waals surface area (Å²) in [5.74, 6) is 0.666. The molecule has 1 N–H and O–H groups in total. The maximum Gasteiger partial charge on any atom is 0.269 e. The van der Waals surface area contributed by atoms with Gasteiger partial charge < -0.3 is 10.1 Å². The zero-order valence-corrected chi connectivity index (χ0v) is 10.8. The van der Waals surface area contributed by atoms with E-state index in [0.29, 0.717) is 16.5 Å². The van der Waals surface area contributed by atoms with Crippen molar-refractivity contribution in [1.29, 1.82) is 0 Å². The molecule has 98 valence electrons. The minimum atomic E-state index is -0.440. The third-order valence-electron chi connectivity index (χ3n) is 2.53. The van der Waals surface area contributed by atoms with Crippen molar-refractivity contribution in [2.24, 2.45) is 0 Å². The number of nitrogens with zero attached hydrogens (tertiary/aromatic N) is 1. The summed E-state index contributed by atoms with van der Waals surface area (Å²) in [6.07, 6.45) is 0. The minimum Gasteiger partial charge on any atom is -0.497 e. The summed E-state index contributed by atoms with van der Waals surface area (Å²) in [5.41, 5.74) is 1.47. The van der Waals surface area contributed by atoms with Gasteiger partial charge in [-0.25, -0.2) is 0 Å². The van der Waals surface area contributed by atoms with E-state index in [-0.39, 0.29) is 5.69 Å². The van der Waals surface area contributed by atoms with Crippen LogP contribution in [0.3, 0.4) is 0 Å². The van der Waals surface area contributed by atoms with E-state index in [0.717, 1.165) is 5.69 Å². The summed E-state index contributed by atoms with van der Waals surface area (Å²) < 4.78 is 5.06. The normalized spacial score (nSPS) is 10.0. The van der Waals surface area contributed by atoms with Gasteiger partial charge in [-0.05, 0) is 24.3 Å². The Kier molecular flexibility index (Phi) is 3.87. The first-order valence-electron chi connectivity index (χ1n) is 5.45. The number of benzene rings is 2. The number of rotatable bonds is 4. The van der Waals surface area contributed by atoms with Crippen LogP contribution >= 0.6 is 11.6 Å². The summed E-state index contributed by atoms with van der Waals surface area (Å²) in [7, 11) is 1.56. The number of halogens is 1. The molecule has 0 spiro atoms. The quantitative estimate of drug-likeness (QED) is 0.678. The molecule has 5 nitrogen and oxygen atoms in total. The van der Waals surface area contributed by atoms with Gasteiger partial charge in [0.05, 0.1) is 22.7 Å². The Hall–Kier alpha value is -2.27. The molecule has 0 saturated heterocycles. The molecule has 2 rings (SSSR count). The lowest BCUT2D eigenvalue weighted by Gasteiger charge is -2.09. The Morgan fingerprint density at radius 1 is 1.21 bits per heavy atom. The van der Waals surface area contributed by atoms with Gasteiger partial charge in [-0.1, -0.05) is 11.6 Å². The molecule has 0 unspecified atom stereocenters. The first-order chi connectivity index (χ1) is 9.10. The molecule has 0 saturated carbocycles. The number of anilines is 2. The van der Waals surface area contributed by atoms with E-state index in [4.69, 9.17) is 16.3 Å². The van der Waals surface area contributed by atoms with Crippen molar-refractivity contribution >= 4 is 28.7 Å². The molecular weight excluding hydrogens is 268 g/mol. The van der Waals surface area contributed by atoms with Crippen LogP contribution < -0.4 is 10.1 Å². The van der Waals surface area contributed by atoms with E-state index in [1.54, 1.807) is 37.4 Å². The van der Waals surface area contributed by atoms with Crippen molar-refractivity contribution in [3.63, 3.8) is 0 Å². The average molecular weight is 279 g/mol. The lowest BCUT2D eigenvalue weighted by molar-refractivity contribution is -0.384. The van der Waals surface area contributed by atoms with E-state index >= 15 is 0 Å². The topological polar surface area (TPSA) is 64.4 Å². The molecule has 6 heteroatoms. The number of ether oxygens (including phenoxy) is 1. The van der Waals surface area contributed by atoms with Crippen LogP contribution in [0.2, 0.25) is 5.02 Å². The van der Waals surface area contributed by atoms with Crippen molar-refractivity contribution in [2.75, 3.05) is 12.4 Å². The first-order valence-corrected chi connectivity index (χ1v) is 5.83. The Morgan fingerprint density at radius 3 is 2.42 bits per heavy atom. The maximum atomic E-state index is 10.5. The highest BCUT2D eigenvalue weighted by molar-refractivity contribution is 6.33. The van der Waals surface area contributed by atoms with E-state index in [2.05, 4.69) is 5.32 Å². The molecule has 0 fully saturated rings. The fourth-order valence-electron chi connectivity index (χ4n) is 1.55. The van der Waals surface area contributed by atoms with Crippen LogP contribution in [0.1, 0.15) is 0 Å². The summed E-state index contributed by atoms with van der Waals surface area (Å²) in [5, 5.41) is 14.1. The van der Waals surface area contributed by atoms with Crippen LogP contribution in [-0.4, -0.2) is 12.0 Å². The second-order valence-electron chi connectivity index (χ2n) is 3.77. The van der Waals surface area contributed by atoms with E-state index in [1.807, 2.05) is 0 Å². The van der Waals surface area contributed by atoms with Crippen molar-refractivity contribution < 1.29 is 9.66 Å².